The second-order valence-corrected chi connectivity index (χ2v) is 4.04. The number of hydrogen-bond acceptors (Lipinski definition) is 4. The highest BCUT2D eigenvalue weighted by atomic mass is 35.5. The molecular formula is C10H9ClN6. The Morgan fingerprint density at radius 3 is 3.06 bits per heavy atom. The Morgan fingerprint density at radius 2 is 2.29 bits per heavy atom. The lowest BCUT2D eigenvalue weighted by Gasteiger charge is -2.04. The van der Waals surface area contributed by atoms with E-state index in [1.165, 1.54) is 6.33 Å². The molecule has 0 atom stereocenters. The van der Waals surface area contributed by atoms with Crippen LogP contribution in [0.25, 0.3) is 5.65 Å². The maximum atomic E-state index is 6.00. The van der Waals surface area contributed by atoms with E-state index in [2.05, 4.69) is 20.5 Å². The molecule has 3 rings (SSSR count). The summed E-state index contributed by atoms with van der Waals surface area (Å²) < 4.78 is 3.33. The van der Waals surface area contributed by atoms with Crippen LogP contribution in [0.5, 0.6) is 0 Å². The summed E-state index contributed by atoms with van der Waals surface area (Å²) in [6.07, 6.45) is 5.04. The third-order valence-corrected chi connectivity index (χ3v) is 2.52. The van der Waals surface area contributed by atoms with E-state index in [1.54, 1.807) is 21.5 Å². The fraction of sp³-hybridized carbons (Fsp3) is 0.100. The van der Waals surface area contributed by atoms with E-state index < -0.39 is 0 Å². The molecule has 0 spiro atoms. The van der Waals surface area contributed by atoms with Gasteiger partial charge < -0.3 is 5.32 Å². The van der Waals surface area contributed by atoms with Gasteiger partial charge in [0.1, 0.15) is 6.33 Å². The van der Waals surface area contributed by atoms with Crippen molar-refractivity contribution in [1.29, 1.82) is 0 Å². The number of pyridine rings is 1. The molecule has 3 aromatic heterocycles. The summed E-state index contributed by atoms with van der Waals surface area (Å²) in [4.78, 5) is 4.16. The molecule has 6 nitrogen and oxygen atoms in total. The van der Waals surface area contributed by atoms with Crippen LogP contribution < -0.4 is 5.32 Å². The highest BCUT2D eigenvalue weighted by Crippen LogP contribution is 2.22. The fourth-order valence-corrected chi connectivity index (χ4v) is 1.81. The maximum Gasteiger partial charge on any atom is 0.178 e. The Balaban J connectivity index is 2.07. The quantitative estimate of drug-likeness (QED) is 0.752. The molecule has 0 aliphatic heterocycles. The van der Waals surface area contributed by atoms with E-state index in [4.69, 9.17) is 11.6 Å². The van der Waals surface area contributed by atoms with Crippen molar-refractivity contribution in [3.05, 3.63) is 35.9 Å². The van der Waals surface area contributed by atoms with Gasteiger partial charge in [-0.15, -0.1) is 0 Å². The van der Waals surface area contributed by atoms with Crippen molar-refractivity contribution < 1.29 is 0 Å². The molecule has 0 aliphatic rings. The van der Waals surface area contributed by atoms with E-state index in [0.29, 0.717) is 10.7 Å². The molecule has 0 radical (unpaired) electrons. The first-order valence-corrected chi connectivity index (χ1v) is 5.36. The monoisotopic (exact) mass is 248 g/mol. The summed E-state index contributed by atoms with van der Waals surface area (Å²) in [7, 11) is 1.86. The first kappa shape index (κ1) is 10.1. The number of aryl methyl sites for hydroxylation is 1. The number of halogens is 1. The molecule has 0 aromatic carbocycles. The average molecular weight is 249 g/mol. The van der Waals surface area contributed by atoms with E-state index in [1.807, 2.05) is 19.3 Å². The molecule has 1 N–H and O–H groups in total. The Labute approximate surface area is 102 Å². The van der Waals surface area contributed by atoms with Gasteiger partial charge in [-0.1, -0.05) is 11.6 Å². The lowest BCUT2D eigenvalue weighted by atomic mass is 10.4. The zero-order valence-corrected chi connectivity index (χ0v) is 9.76. The van der Waals surface area contributed by atoms with Gasteiger partial charge in [-0.2, -0.15) is 10.2 Å². The largest absolute Gasteiger partial charge is 0.336 e. The zero-order chi connectivity index (χ0) is 11.8. The van der Waals surface area contributed by atoms with Crippen LogP contribution in [0, 0.1) is 0 Å². The molecule has 0 bridgehead atoms. The van der Waals surface area contributed by atoms with Gasteiger partial charge in [-0.25, -0.2) is 9.50 Å². The van der Waals surface area contributed by atoms with Crippen LogP contribution in [0.3, 0.4) is 0 Å². The topological polar surface area (TPSA) is 60.0 Å². The van der Waals surface area contributed by atoms with Gasteiger partial charge in [-0.05, 0) is 6.07 Å². The molecule has 0 amide bonds. The summed E-state index contributed by atoms with van der Waals surface area (Å²) in [6.45, 7) is 0. The molecule has 17 heavy (non-hydrogen) atoms. The third-order valence-electron chi connectivity index (χ3n) is 2.32. The van der Waals surface area contributed by atoms with Crippen molar-refractivity contribution in [2.24, 2.45) is 7.05 Å². The van der Waals surface area contributed by atoms with Gasteiger partial charge in [0, 0.05) is 25.5 Å². The maximum absolute atomic E-state index is 6.00. The van der Waals surface area contributed by atoms with Crippen molar-refractivity contribution in [3.8, 4) is 0 Å². The van der Waals surface area contributed by atoms with Crippen LogP contribution in [0.1, 0.15) is 0 Å². The Kier molecular flexibility index (Phi) is 2.22. The van der Waals surface area contributed by atoms with Crippen LogP contribution in [-0.4, -0.2) is 24.4 Å². The normalized spacial score (nSPS) is 10.9. The molecule has 0 fully saturated rings. The van der Waals surface area contributed by atoms with Crippen molar-refractivity contribution >= 4 is 28.8 Å². The lowest BCUT2D eigenvalue weighted by molar-refractivity contribution is 0.771. The van der Waals surface area contributed by atoms with Crippen molar-refractivity contribution in [3.63, 3.8) is 0 Å². The minimum Gasteiger partial charge on any atom is -0.336 e. The molecule has 3 aromatic rings. The summed E-state index contributed by atoms with van der Waals surface area (Å²) in [5.74, 6) is 0.736. The minimum absolute atomic E-state index is 0.585. The first-order chi connectivity index (χ1) is 8.22. The van der Waals surface area contributed by atoms with Crippen LogP contribution in [0.2, 0.25) is 5.02 Å². The van der Waals surface area contributed by atoms with E-state index in [0.717, 1.165) is 11.5 Å². The van der Waals surface area contributed by atoms with Crippen LogP contribution in [0.4, 0.5) is 11.5 Å². The minimum atomic E-state index is 0.585. The molecule has 0 saturated heterocycles. The van der Waals surface area contributed by atoms with Crippen molar-refractivity contribution in [2.75, 3.05) is 5.32 Å². The Hall–Kier alpha value is -2.08. The molecule has 7 heteroatoms. The van der Waals surface area contributed by atoms with Crippen LogP contribution in [-0.2, 0) is 7.05 Å². The molecule has 0 saturated carbocycles. The summed E-state index contributed by atoms with van der Waals surface area (Å²) in [5, 5.41) is 12.0. The smallest absolute Gasteiger partial charge is 0.178 e. The Bertz CT molecular complexity index is 670. The molecule has 0 aliphatic carbocycles. The number of nitrogens with one attached hydrogen (secondary N) is 1. The van der Waals surface area contributed by atoms with E-state index in [9.17, 15) is 0 Å². The van der Waals surface area contributed by atoms with Gasteiger partial charge in [0.25, 0.3) is 0 Å². The number of rotatable bonds is 2. The van der Waals surface area contributed by atoms with Gasteiger partial charge in [0.2, 0.25) is 0 Å². The Morgan fingerprint density at radius 1 is 1.41 bits per heavy atom. The van der Waals surface area contributed by atoms with Crippen LogP contribution in [0.15, 0.2) is 30.9 Å². The number of nitrogens with zero attached hydrogens (tertiary/aromatic N) is 5. The summed E-state index contributed by atoms with van der Waals surface area (Å²) in [5.41, 5.74) is 1.48. The lowest BCUT2D eigenvalue weighted by Crippen LogP contribution is -1.97. The second kappa shape index (κ2) is 3.74. The van der Waals surface area contributed by atoms with Gasteiger partial charge in [-0.3, -0.25) is 4.68 Å². The van der Waals surface area contributed by atoms with Gasteiger partial charge in [0.15, 0.2) is 11.5 Å². The van der Waals surface area contributed by atoms with Crippen molar-refractivity contribution in [2.45, 2.75) is 0 Å². The molecular weight excluding hydrogens is 240 g/mol. The SMILES string of the molecule is Cn1ccc(Nc2cc(Cl)cn3ncnc23)n1. The van der Waals surface area contributed by atoms with Gasteiger partial charge >= 0.3 is 0 Å². The number of fused-ring (bicyclic) bond motifs is 1. The van der Waals surface area contributed by atoms with Gasteiger partial charge in [0.05, 0.1) is 10.7 Å². The highest BCUT2D eigenvalue weighted by molar-refractivity contribution is 6.30. The fourth-order valence-electron chi connectivity index (χ4n) is 1.61. The molecule has 0 unspecified atom stereocenters. The van der Waals surface area contributed by atoms with E-state index in [-0.39, 0.29) is 0 Å². The standard InChI is InChI=1S/C10H9ClN6/c1-16-3-2-9(15-16)14-8-4-7(11)5-17-10(8)12-6-13-17/h2-6H,1H3,(H,14,15). The second-order valence-electron chi connectivity index (χ2n) is 3.60. The highest BCUT2D eigenvalue weighted by Gasteiger charge is 2.07. The number of anilines is 2. The number of hydrogen-bond donors (Lipinski definition) is 1. The zero-order valence-electron chi connectivity index (χ0n) is 9.00. The van der Waals surface area contributed by atoms with E-state index >= 15 is 0 Å². The van der Waals surface area contributed by atoms with Crippen molar-refractivity contribution in [1.82, 2.24) is 24.4 Å². The average Bonchev–Trinajstić information content (AvgIpc) is 2.87. The first-order valence-electron chi connectivity index (χ1n) is 4.98. The summed E-state index contributed by atoms with van der Waals surface area (Å²) in [6, 6.07) is 3.66. The molecule has 3 heterocycles. The third kappa shape index (κ3) is 1.83. The number of aromatic nitrogens is 5. The predicted octanol–water partition coefficient (Wildman–Crippen LogP) is 1.86. The molecule has 86 valence electrons. The summed E-state index contributed by atoms with van der Waals surface area (Å²) >= 11 is 6.00. The van der Waals surface area contributed by atoms with Crippen LogP contribution >= 0.6 is 11.6 Å². The predicted molar refractivity (Wildman–Crippen MR) is 64.5 cm³/mol.